The normalized spacial score (nSPS) is 21.9. The summed E-state index contributed by atoms with van der Waals surface area (Å²) in [7, 11) is 2.12. The van der Waals surface area contributed by atoms with Crippen LogP contribution in [0.5, 0.6) is 0 Å². The lowest BCUT2D eigenvalue weighted by Gasteiger charge is -2.38. The van der Waals surface area contributed by atoms with E-state index in [0.29, 0.717) is 12.1 Å². The zero-order chi connectivity index (χ0) is 12.1. The summed E-state index contributed by atoms with van der Waals surface area (Å²) in [5.74, 6) is 0.0989. The number of hydrogen-bond donors (Lipinski definition) is 1. The maximum atomic E-state index is 11.7. The summed E-state index contributed by atoms with van der Waals surface area (Å²) in [6.45, 7) is 6.34. The Morgan fingerprint density at radius 1 is 1.50 bits per heavy atom. The van der Waals surface area contributed by atoms with E-state index in [9.17, 15) is 4.79 Å². The van der Waals surface area contributed by atoms with Crippen molar-refractivity contribution in [3.8, 4) is 0 Å². The molecule has 1 unspecified atom stereocenters. The molecule has 16 heavy (non-hydrogen) atoms. The van der Waals surface area contributed by atoms with Crippen molar-refractivity contribution in [3.05, 3.63) is 0 Å². The number of hydrogen-bond acceptors (Lipinski definition) is 3. The number of likely N-dealkylation sites (N-methyl/N-ethyl adjacent to an activating group) is 1. The summed E-state index contributed by atoms with van der Waals surface area (Å²) in [5.41, 5.74) is 5.45. The van der Waals surface area contributed by atoms with Gasteiger partial charge < -0.3 is 15.5 Å². The van der Waals surface area contributed by atoms with Crippen molar-refractivity contribution in [2.24, 2.45) is 5.73 Å². The van der Waals surface area contributed by atoms with Crippen molar-refractivity contribution < 1.29 is 4.79 Å². The molecule has 94 valence electrons. The molecule has 0 aromatic rings. The van der Waals surface area contributed by atoms with Crippen LogP contribution in [0.2, 0.25) is 0 Å². The Balaban J connectivity index is 2.56. The van der Waals surface area contributed by atoms with E-state index in [1.807, 2.05) is 4.90 Å². The van der Waals surface area contributed by atoms with Crippen LogP contribution in [0.15, 0.2) is 0 Å². The minimum Gasteiger partial charge on any atom is -0.337 e. The molecule has 0 aromatic heterocycles. The molecule has 0 spiro atoms. The zero-order valence-electron chi connectivity index (χ0n) is 10.8. The van der Waals surface area contributed by atoms with Crippen molar-refractivity contribution in [1.82, 2.24) is 9.80 Å². The van der Waals surface area contributed by atoms with Gasteiger partial charge in [-0.05, 0) is 40.2 Å². The largest absolute Gasteiger partial charge is 0.337 e. The molecular formula is C12H25N3O. The first-order valence-corrected chi connectivity index (χ1v) is 6.26. The van der Waals surface area contributed by atoms with Gasteiger partial charge in [-0.25, -0.2) is 0 Å². The summed E-state index contributed by atoms with van der Waals surface area (Å²) < 4.78 is 0. The molecular weight excluding hydrogens is 202 g/mol. The highest BCUT2D eigenvalue weighted by molar-refractivity contribution is 5.78. The molecule has 1 aliphatic rings. The second-order valence-corrected chi connectivity index (χ2v) is 4.97. The Morgan fingerprint density at radius 2 is 2.19 bits per heavy atom. The third-order valence-electron chi connectivity index (χ3n) is 3.50. The molecule has 1 heterocycles. The predicted octanol–water partition coefficient (Wildman–Crippen LogP) is 0.666. The highest BCUT2D eigenvalue weighted by Crippen LogP contribution is 2.18. The van der Waals surface area contributed by atoms with Gasteiger partial charge in [0.2, 0.25) is 5.91 Å². The van der Waals surface area contributed by atoms with E-state index in [4.69, 9.17) is 5.73 Å². The van der Waals surface area contributed by atoms with Crippen LogP contribution >= 0.6 is 0 Å². The maximum absolute atomic E-state index is 11.7. The number of amides is 1. The Morgan fingerprint density at radius 3 is 2.75 bits per heavy atom. The van der Waals surface area contributed by atoms with Crippen LogP contribution in [0.1, 0.15) is 33.1 Å². The van der Waals surface area contributed by atoms with E-state index in [-0.39, 0.29) is 12.5 Å². The molecule has 0 aromatic carbocycles. The number of nitrogens with zero attached hydrogens (tertiary/aromatic N) is 2. The standard InChI is InChI=1S/C12H25N3O/c1-10(2)14(3)9-11-6-4-5-7-15(11)12(16)8-13/h10-11H,4-9,13H2,1-3H3. The summed E-state index contributed by atoms with van der Waals surface area (Å²) >= 11 is 0. The lowest BCUT2D eigenvalue weighted by atomic mass is 10.0. The van der Waals surface area contributed by atoms with Gasteiger partial charge in [-0.3, -0.25) is 4.79 Å². The molecule has 1 rings (SSSR count). The fourth-order valence-electron chi connectivity index (χ4n) is 2.18. The molecule has 0 aliphatic carbocycles. The third-order valence-corrected chi connectivity index (χ3v) is 3.50. The van der Waals surface area contributed by atoms with Crippen LogP contribution in [0.3, 0.4) is 0 Å². The van der Waals surface area contributed by atoms with Gasteiger partial charge in [-0.2, -0.15) is 0 Å². The average Bonchev–Trinajstić information content (AvgIpc) is 2.28. The highest BCUT2D eigenvalue weighted by atomic mass is 16.2. The topological polar surface area (TPSA) is 49.6 Å². The van der Waals surface area contributed by atoms with Crippen LogP contribution in [0, 0.1) is 0 Å². The molecule has 0 radical (unpaired) electrons. The number of likely N-dealkylation sites (tertiary alicyclic amines) is 1. The average molecular weight is 227 g/mol. The number of carbonyl (C=O) groups is 1. The van der Waals surface area contributed by atoms with Crippen LogP contribution in [-0.4, -0.2) is 54.5 Å². The van der Waals surface area contributed by atoms with E-state index in [1.54, 1.807) is 0 Å². The van der Waals surface area contributed by atoms with Gasteiger partial charge in [-0.15, -0.1) is 0 Å². The van der Waals surface area contributed by atoms with E-state index in [2.05, 4.69) is 25.8 Å². The molecule has 0 bridgehead atoms. The minimum absolute atomic E-state index is 0.0989. The van der Waals surface area contributed by atoms with Crippen LogP contribution in [0.4, 0.5) is 0 Å². The second-order valence-electron chi connectivity index (χ2n) is 4.97. The Labute approximate surface area is 98.8 Å². The van der Waals surface area contributed by atoms with Crippen molar-refractivity contribution in [2.45, 2.75) is 45.2 Å². The minimum atomic E-state index is 0.0989. The molecule has 1 fully saturated rings. The third kappa shape index (κ3) is 3.46. The lowest BCUT2D eigenvalue weighted by Crippen LogP contribution is -2.51. The molecule has 0 saturated carbocycles. The fourth-order valence-corrected chi connectivity index (χ4v) is 2.18. The van der Waals surface area contributed by atoms with Gasteiger partial charge in [0.05, 0.1) is 6.54 Å². The number of piperidine rings is 1. The first-order chi connectivity index (χ1) is 7.56. The number of nitrogens with two attached hydrogens (primary N) is 1. The van der Waals surface area contributed by atoms with E-state index in [1.165, 1.54) is 6.42 Å². The van der Waals surface area contributed by atoms with Crippen molar-refractivity contribution >= 4 is 5.91 Å². The lowest BCUT2D eigenvalue weighted by molar-refractivity contribution is -0.133. The first-order valence-electron chi connectivity index (χ1n) is 6.26. The van der Waals surface area contributed by atoms with E-state index in [0.717, 1.165) is 25.9 Å². The summed E-state index contributed by atoms with van der Waals surface area (Å²) in [6, 6.07) is 0.883. The molecule has 4 heteroatoms. The van der Waals surface area contributed by atoms with Crippen LogP contribution in [-0.2, 0) is 4.79 Å². The highest BCUT2D eigenvalue weighted by Gasteiger charge is 2.26. The second kappa shape index (κ2) is 6.21. The summed E-state index contributed by atoms with van der Waals surface area (Å²) in [6.07, 6.45) is 3.46. The SMILES string of the molecule is CC(C)N(C)CC1CCCCN1C(=O)CN. The first kappa shape index (κ1) is 13.5. The fraction of sp³-hybridized carbons (Fsp3) is 0.917. The van der Waals surface area contributed by atoms with Gasteiger partial charge in [0.25, 0.3) is 0 Å². The van der Waals surface area contributed by atoms with Crippen molar-refractivity contribution in [3.63, 3.8) is 0 Å². The molecule has 4 nitrogen and oxygen atoms in total. The van der Waals surface area contributed by atoms with Gasteiger partial charge >= 0.3 is 0 Å². The van der Waals surface area contributed by atoms with Crippen molar-refractivity contribution in [1.29, 1.82) is 0 Å². The predicted molar refractivity (Wildman–Crippen MR) is 66.2 cm³/mol. The van der Waals surface area contributed by atoms with E-state index < -0.39 is 0 Å². The zero-order valence-corrected chi connectivity index (χ0v) is 10.8. The Hall–Kier alpha value is -0.610. The summed E-state index contributed by atoms with van der Waals surface area (Å²) in [4.78, 5) is 16.0. The van der Waals surface area contributed by atoms with Gasteiger partial charge in [-0.1, -0.05) is 0 Å². The van der Waals surface area contributed by atoms with Gasteiger partial charge in [0.15, 0.2) is 0 Å². The van der Waals surface area contributed by atoms with Crippen LogP contribution < -0.4 is 5.73 Å². The quantitative estimate of drug-likeness (QED) is 0.768. The van der Waals surface area contributed by atoms with Gasteiger partial charge in [0, 0.05) is 25.2 Å². The Kier molecular flexibility index (Phi) is 5.22. The number of carbonyl (C=O) groups excluding carboxylic acids is 1. The monoisotopic (exact) mass is 227 g/mol. The molecule has 2 N–H and O–H groups in total. The summed E-state index contributed by atoms with van der Waals surface area (Å²) in [5, 5.41) is 0. The van der Waals surface area contributed by atoms with Crippen molar-refractivity contribution in [2.75, 3.05) is 26.7 Å². The van der Waals surface area contributed by atoms with Crippen LogP contribution in [0.25, 0.3) is 0 Å². The number of rotatable bonds is 4. The smallest absolute Gasteiger partial charge is 0.236 e. The molecule has 1 aliphatic heterocycles. The molecule has 1 amide bonds. The molecule has 1 saturated heterocycles. The molecule has 1 atom stereocenters. The van der Waals surface area contributed by atoms with Gasteiger partial charge in [0.1, 0.15) is 0 Å². The maximum Gasteiger partial charge on any atom is 0.236 e. The van der Waals surface area contributed by atoms with E-state index >= 15 is 0 Å². The Bertz CT molecular complexity index is 230.